The van der Waals surface area contributed by atoms with Crippen molar-refractivity contribution in [3.63, 3.8) is 0 Å². The van der Waals surface area contributed by atoms with E-state index in [0.29, 0.717) is 31.0 Å². The Hall–Kier alpha value is -5.05. The molecule has 1 saturated carbocycles. The molecule has 0 atom stereocenters. The number of fused-ring (bicyclic) bond motifs is 1. The van der Waals surface area contributed by atoms with Crippen molar-refractivity contribution in [1.29, 1.82) is 0 Å². The Morgan fingerprint density at radius 1 is 0.878 bits per heavy atom. The third kappa shape index (κ3) is 7.51. The van der Waals surface area contributed by atoms with E-state index in [1.165, 1.54) is 0 Å². The van der Waals surface area contributed by atoms with Gasteiger partial charge >= 0.3 is 6.09 Å². The summed E-state index contributed by atoms with van der Waals surface area (Å²) in [4.78, 5) is 19.1. The molecule has 1 saturated heterocycles. The van der Waals surface area contributed by atoms with Crippen LogP contribution in [0.15, 0.2) is 91.0 Å². The number of carbonyl (C=O) groups excluding carboxylic acids is 1. The fourth-order valence-electron chi connectivity index (χ4n) is 6.94. The first-order valence-corrected chi connectivity index (χ1v) is 17.2. The molecule has 1 amide bonds. The zero-order valence-electron chi connectivity index (χ0n) is 28.8. The lowest BCUT2D eigenvalue weighted by Gasteiger charge is -2.53. The van der Waals surface area contributed by atoms with Gasteiger partial charge in [0.25, 0.3) is 0 Å². The number of aromatic nitrogens is 3. The van der Waals surface area contributed by atoms with Gasteiger partial charge in [0.2, 0.25) is 11.8 Å². The number of rotatable bonds is 9. The van der Waals surface area contributed by atoms with Gasteiger partial charge in [-0.25, -0.2) is 4.79 Å². The summed E-state index contributed by atoms with van der Waals surface area (Å²) in [6.45, 7) is 8.13. The van der Waals surface area contributed by atoms with Crippen molar-refractivity contribution in [3.05, 3.63) is 102 Å². The fourth-order valence-corrected chi connectivity index (χ4v) is 6.94. The van der Waals surface area contributed by atoms with Crippen LogP contribution >= 0.6 is 0 Å². The second-order valence-electron chi connectivity index (χ2n) is 14.5. The average molecular weight is 660 g/mol. The highest BCUT2D eigenvalue weighted by atomic mass is 16.6. The molecule has 2 aromatic heterocycles. The van der Waals surface area contributed by atoms with Crippen LogP contribution in [0.4, 0.5) is 10.5 Å². The Labute approximate surface area is 288 Å². The van der Waals surface area contributed by atoms with Crippen molar-refractivity contribution in [2.45, 2.75) is 71.3 Å². The second kappa shape index (κ2) is 13.5. The van der Waals surface area contributed by atoms with Crippen LogP contribution in [0.1, 0.15) is 57.6 Å². The van der Waals surface area contributed by atoms with Gasteiger partial charge in [-0.05, 0) is 81.8 Å². The molecule has 9 nitrogen and oxygen atoms in total. The van der Waals surface area contributed by atoms with Crippen molar-refractivity contribution in [2.75, 3.05) is 18.4 Å². The number of nitrogens with one attached hydrogen (secondary N) is 1. The molecule has 0 unspecified atom stereocenters. The molecule has 1 aliphatic heterocycles. The number of ether oxygens (including phenoxy) is 3. The van der Waals surface area contributed by atoms with Crippen LogP contribution in [0.3, 0.4) is 0 Å². The van der Waals surface area contributed by atoms with Crippen LogP contribution in [0.5, 0.6) is 11.8 Å². The molecule has 7 rings (SSSR count). The van der Waals surface area contributed by atoms with E-state index >= 15 is 0 Å². The summed E-state index contributed by atoms with van der Waals surface area (Å²) in [7, 11) is 1.97. The van der Waals surface area contributed by atoms with Crippen molar-refractivity contribution in [1.82, 2.24) is 19.7 Å². The number of likely N-dealkylation sites (tertiary alicyclic amines) is 1. The average Bonchev–Trinajstić information content (AvgIpc) is 3.41. The lowest BCUT2D eigenvalue weighted by molar-refractivity contribution is -0.0496. The lowest BCUT2D eigenvalue weighted by atomic mass is 9.67. The maximum Gasteiger partial charge on any atom is 0.410 e. The molecule has 3 heterocycles. The predicted octanol–water partition coefficient (Wildman–Crippen LogP) is 8.38. The number of anilines is 1. The highest BCUT2D eigenvalue weighted by Gasteiger charge is 2.48. The molecular formula is C40H45N5O4. The summed E-state index contributed by atoms with van der Waals surface area (Å²) in [5, 5.41) is 9.76. The summed E-state index contributed by atoms with van der Waals surface area (Å²) in [5.41, 5.74) is 5.62. The normalized spacial score (nSPS) is 16.0. The maximum absolute atomic E-state index is 12.5. The van der Waals surface area contributed by atoms with Gasteiger partial charge in [0.05, 0.1) is 11.1 Å². The Bertz CT molecular complexity index is 1900. The van der Waals surface area contributed by atoms with Crippen molar-refractivity contribution in [3.8, 4) is 23.0 Å². The minimum Gasteiger partial charge on any atom is -0.473 e. The number of hydrogen-bond acceptors (Lipinski definition) is 7. The largest absolute Gasteiger partial charge is 0.473 e. The zero-order chi connectivity index (χ0) is 34.0. The van der Waals surface area contributed by atoms with E-state index in [1.807, 2.05) is 110 Å². The Morgan fingerprint density at radius 2 is 1.53 bits per heavy atom. The van der Waals surface area contributed by atoms with Gasteiger partial charge in [0.15, 0.2) is 0 Å². The second-order valence-corrected chi connectivity index (χ2v) is 14.5. The zero-order valence-corrected chi connectivity index (χ0v) is 28.8. The molecule has 0 radical (unpaired) electrons. The van der Waals surface area contributed by atoms with E-state index in [1.54, 1.807) is 0 Å². The number of hydrogen-bond donors (Lipinski definition) is 1. The van der Waals surface area contributed by atoms with Gasteiger partial charge in [-0.2, -0.15) is 10.1 Å². The van der Waals surface area contributed by atoms with Gasteiger partial charge in [0, 0.05) is 48.7 Å². The summed E-state index contributed by atoms with van der Waals surface area (Å²) in [5.74, 6) is 0.977. The van der Waals surface area contributed by atoms with Gasteiger partial charge in [-0.3, -0.25) is 4.68 Å². The van der Waals surface area contributed by atoms with Crippen LogP contribution in [-0.2, 0) is 25.0 Å². The number of aryl methyl sites for hydroxylation is 1. The quantitative estimate of drug-likeness (QED) is 0.170. The SMILES string of the molecule is Cn1nc(-c2ccc(OCc3ccccc3)nc2OCc2ccccc2)c2ccc(NC3CCC4(CC3)CN(C(=O)OC(C)(C)C)C4)cc21. The standard InChI is InChI=1S/C40H45N5O4/c1-39(2,3)49-38(46)45-26-40(27-45)21-19-30(20-22-40)41-31-15-16-32-34(23-31)44(4)43-36(32)33-17-18-35(47-24-28-11-7-5-8-12-28)42-37(33)48-25-29-13-9-6-10-14-29/h5-18,23,30,41H,19-22,24-27H2,1-4H3. The van der Waals surface area contributed by atoms with Crippen LogP contribution < -0.4 is 14.8 Å². The summed E-state index contributed by atoms with van der Waals surface area (Å²) in [6, 6.07) is 30.8. The first-order chi connectivity index (χ1) is 23.6. The monoisotopic (exact) mass is 659 g/mol. The van der Waals surface area contributed by atoms with E-state index < -0.39 is 5.60 Å². The van der Waals surface area contributed by atoms with E-state index in [9.17, 15) is 4.79 Å². The van der Waals surface area contributed by atoms with E-state index in [2.05, 4.69) is 23.5 Å². The summed E-state index contributed by atoms with van der Waals surface area (Å²) in [6.07, 6.45) is 4.16. The third-order valence-corrected chi connectivity index (χ3v) is 9.51. The Kier molecular flexibility index (Phi) is 8.92. The van der Waals surface area contributed by atoms with E-state index in [-0.39, 0.29) is 11.5 Å². The number of carbonyl (C=O) groups is 1. The van der Waals surface area contributed by atoms with Crippen LogP contribution in [-0.4, -0.2) is 50.5 Å². The highest BCUT2D eigenvalue weighted by molar-refractivity contribution is 5.96. The minimum absolute atomic E-state index is 0.194. The van der Waals surface area contributed by atoms with Crippen LogP contribution in [0.2, 0.25) is 0 Å². The van der Waals surface area contributed by atoms with Crippen molar-refractivity contribution < 1.29 is 19.0 Å². The van der Waals surface area contributed by atoms with E-state index in [0.717, 1.165) is 77.7 Å². The molecule has 2 aliphatic rings. The van der Waals surface area contributed by atoms with Crippen molar-refractivity contribution >= 4 is 22.7 Å². The number of pyridine rings is 1. The highest BCUT2D eigenvalue weighted by Crippen LogP contribution is 2.45. The molecule has 1 aliphatic carbocycles. The molecule has 3 aromatic carbocycles. The third-order valence-electron chi connectivity index (χ3n) is 9.51. The maximum atomic E-state index is 12.5. The molecule has 0 bridgehead atoms. The Morgan fingerprint density at radius 3 is 2.18 bits per heavy atom. The molecule has 49 heavy (non-hydrogen) atoms. The smallest absolute Gasteiger partial charge is 0.410 e. The molecular weight excluding hydrogens is 614 g/mol. The molecule has 9 heteroatoms. The molecule has 2 fully saturated rings. The van der Waals surface area contributed by atoms with Crippen LogP contribution in [0.25, 0.3) is 22.2 Å². The van der Waals surface area contributed by atoms with Crippen molar-refractivity contribution in [2.24, 2.45) is 12.5 Å². The molecule has 1 N–H and O–H groups in total. The summed E-state index contributed by atoms with van der Waals surface area (Å²) >= 11 is 0. The minimum atomic E-state index is -0.464. The molecule has 5 aromatic rings. The molecule has 254 valence electrons. The van der Waals surface area contributed by atoms with Gasteiger partial charge in [-0.15, -0.1) is 0 Å². The van der Waals surface area contributed by atoms with Gasteiger partial charge in [0.1, 0.15) is 24.5 Å². The Balaban J connectivity index is 1.05. The topological polar surface area (TPSA) is 90.7 Å². The van der Waals surface area contributed by atoms with Gasteiger partial charge < -0.3 is 24.4 Å². The van der Waals surface area contributed by atoms with Gasteiger partial charge in [-0.1, -0.05) is 60.7 Å². The van der Waals surface area contributed by atoms with E-state index in [4.69, 9.17) is 24.3 Å². The number of amides is 1. The first-order valence-electron chi connectivity index (χ1n) is 17.2. The first kappa shape index (κ1) is 32.5. The molecule has 1 spiro atoms. The fraction of sp³-hybridized carbons (Fsp3) is 0.375. The number of benzene rings is 3. The lowest BCUT2D eigenvalue weighted by Crippen LogP contribution is -2.60. The number of nitrogens with zero attached hydrogens (tertiary/aromatic N) is 4. The van der Waals surface area contributed by atoms with Crippen LogP contribution in [0, 0.1) is 5.41 Å². The summed E-state index contributed by atoms with van der Waals surface area (Å²) < 4.78 is 19.9. The predicted molar refractivity (Wildman–Crippen MR) is 192 cm³/mol.